The van der Waals surface area contributed by atoms with Crippen molar-refractivity contribution in [1.82, 2.24) is 4.90 Å². The Morgan fingerprint density at radius 2 is 2.15 bits per heavy atom. The average molecular weight is 183 g/mol. The minimum atomic E-state index is -0.164. The van der Waals surface area contributed by atoms with E-state index in [9.17, 15) is 9.90 Å². The van der Waals surface area contributed by atoms with Crippen LogP contribution < -0.4 is 0 Å². The number of hydrogen-bond acceptors (Lipinski definition) is 2. The van der Waals surface area contributed by atoms with Crippen molar-refractivity contribution in [3.8, 4) is 0 Å². The molecule has 1 heterocycles. The van der Waals surface area contributed by atoms with E-state index >= 15 is 0 Å². The molecule has 0 spiro atoms. The lowest BCUT2D eigenvalue weighted by Crippen LogP contribution is -2.50. The maximum atomic E-state index is 11.3. The van der Waals surface area contributed by atoms with Gasteiger partial charge in [-0.2, -0.15) is 0 Å². The maximum absolute atomic E-state index is 11.3. The first-order chi connectivity index (χ1) is 6.20. The Kier molecular flexibility index (Phi) is 2.28. The molecule has 0 bridgehead atoms. The molecule has 0 radical (unpaired) electrons. The third kappa shape index (κ3) is 1.46. The second-order valence-corrected chi connectivity index (χ2v) is 4.23. The molecule has 3 nitrogen and oxygen atoms in total. The Morgan fingerprint density at radius 1 is 1.38 bits per heavy atom. The van der Waals surface area contributed by atoms with Crippen LogP contribution in [-0.4, -0.2) is 34.6 Å². The largest absolute Gasteiger partial charge is 0.393 e. The fourth-order valence-electron chi connectivity index (χ4n) is 2.85. The van der Waals surface area contributed by atoms with Crippen LogP contribution in [0.4, 0.5) is 0 Å². The SMILES string of the molecule is CC(=O)N1CC[C@H](O)[C@H]2CCC[C@H]21. The summed E-state index contributed by atoms with van der Waals surface area (Å²) in [5, 5.41) is 9.74. The number of carbonyl (C=O) groups excluding carboxylic acids is 1. The van der Waals surface area contributed by atoms with Gasteiger partial charge in [0.15, 0.2) is 0 Å². The average Bonchev–Trinajstić information content (AvgIpc) is 2.53. The van der Waals surface area contributed by atoms with Gasteiger partial charge >= 0.3 is 0 Å². The fourth-order valence-corrected chi connectivity index (χ4v) is 2.85. The number of amides is 1. The Labute approximate surface area is 78.7 Å². The summed E-state index contributed by atoms with van der Waals surface area (Å²) in [5.41, 5.74) is 0. The summed E-state index contributed by atoms with van der Waals surface area (Å²) in [5.74, 6) is 0.529. The van der Waals surface area contributed by atoms with Crippen molar-refractivity contribution in [1.29, 1.82) is 0 Å². The van der Waals surface area contributed by atoms with E-state index in [1.165, 1.54) is 0 Å². The van der Waals surface area contributed by atoms with Gasteiger partial charge in [-0.1, -0.05) is 6.42 Å². The van der Waals surface area contributed by atoms with E-state index in [1.54, 1.807) is 6.92 Å². The smallest absolute Gasteiger partial charge is 0.219 e. The van der Waals surface area contributed by atoms with Gasteiger partial charge in [-0.25, -0.2) is 0 Å². The number of hydrogen-bond donors (Lipinski definition) is 1. The summed E-state index contributed by atoms with van der Waals surface area (Å²) >= 11 is 0. The van der Waals surface area contributed by atoms with Crippen LogP contribution in [0.5, 0.6) is 0 Å². The highest BCUT2D eigenvalue weighted by Crippen LogP contribution is 2.36. The summed E-state index contributed by atoms with van der Waals surface area (Å²) < 4.78 is 0. The highest BCUT2D eigenvalue weighted by molar-refractivity contribution is 5.73. The van der Waals surface area contributed by atoms with Gasteiger partial charge in [0.1, 0.15) is 0 Å². The molecule has 1 N–H and O–H groups in total. The Bertz CT molecular complexity index is 217. The molecule has 0 unspecified atom stereocenters. The van der Waals surface area contributed by atoms with Crippen molar-refractivity contribution < 1.29 is 9.90 Å². The van der Waals surface area contributed by atoms with E-state index in [1.807, 2.05) is 4.90 Å². The van der Waals surface area contributed by atoms with E-state index in [0.29, 0.717) is 12.0 Å². The molecule has 2 rings (SSSR count). The van der Waals surface area contributed by atoms with Crippen LogP contribution in [0.3, 0.4) is 0 Å². The minimum Gasteiger partial charge on any atom is -0.393 e. The van der Waals surface area contributed by atoms with Crippen LogP contribution in [0.25, 0.3) is 0 Å². The lowest BCUT2D eigenvalue weighted by atomic mass is 9.89. The van der Waals surface area contributed by atoms with Crippen LogP contribution in [0.1, 0.15) is 32.6 Å². The van der Waals surface area contributed by atoms with Gasteiger partial charge in [-0.05, 0) is 19.3 Å². The first kappa shape index (κ1) is 9.00. The zero-order valence-electron chi connectivity index (χ0n) is 8.07. The summed E-state index contributed by atoms with van der Waals surface area (Å²) in [6.07, 6.45) is 3.94. The molecule has 2 fully saturated rings. The van der Waals surface area contributed by atoms with E-state index in [0.717, 1.165) is 32.2 Å². The molecule has 1 aliphatic carbocycles. The first-order valence-electron chi connectivity index (χ1n) is 5.15. The second kappa shape index (κ2) is 3.29. The number of aliphatic hydroxyl groups excluding tert-OH is 1. The highest BCUT2D eigenvalue weighted by Gasteiger charge is 2.40. The maximum Gasteiger partial charge on any atom is 0.219 e. The quantitative estimate of drug-likeness (QED) is 0.602. The number of fused-ring (bicyclic) bond motifs is 1. The standard InChI is InChI=1S/C10H17NO2/c1-7(12)11-6-5-10(13)8-3-2-4-9(8)11/h8-10,13H,2-6H2,1H3/t8-,9+,10-/m0/s1. The summed E-state index contributed by atoms with van der Waals surface area (Å²) in [7, 11) is 0. The van der Waals surface area contributed by atoms with Crippen LogP contribution >= 0.6 is 0 Å². The highest BCUT2D eigenvalue weighted by atomic mass is 16.3. The van der Waals surface area contributed by atoms with Gasteiger partial charge < -0.3 is 10.0 Å². The zero-order valence-corrected chi connectivity index (χ0v) is 8.07. The van der Waals surface area contributed by atoms with E-state index in [4.69, 9.17) is 0 Å². The number of aliphatic hydroxyl groups is 1. The van der Waals surface area contributed by atoms with Crippen LogP contribution in [0.15, 0.2) is 0 Å². The third-order valence-electron chi connectivity index (χ3n) is 3.50. The number of likely N-dealkylation sites (tertiary alicyclic amines) is 1. The number of carbonyl (C=O) groups is 1. The molecule has 0 aromatic rings. The summed E-state index contributed by atoms with van der Waals surface area (Å²) in [6.45, 7) is 2.38. The van der Waals surface area contributed by atoms with Crippen molar-refractivity contribution in [2.75, 3.05) is 6.54 Å². The molecular weight excluding hydrogens is 166 g/mol. The van der Waals surface area contributed by atoms with Crippen molar-refractivity contribution in [3.63, 3.8) is 0 Å². The molecule has 1 saturated heterocycles. The lowest BCUT2D eigenvalue weighted by Gasteiger charge is -2.40. The predicted molar refractivity (Wildman–Crippen MR) is 49.1 cm³/mol. The van der Waals surface area contributed by atoms with Gasteiger partial charge in [-0.15, -0.1) is 0 Å². The molecule has 74 valence electrons. The Morgan fingerprint density at radius 3 is 2.85 bits per heavy atom. The molecule has 1 aliphatic heterocycles. The van der Waals surface area contributed by atoms with E-state index in [-0.39, 0.29) is 12.0 Å². The molecular formula is C10H17NO2. The van der Waals surface area contributed by atoms with Gasteiger partial charge in [0, 0.05) is 25.4 Å². The van der Waals surface area contributed by atoms with Gasteiger partial charge in [0.25, 0.3) is 0 Å². The number of rotatable bonds is 0. The minimum absolute atomic E-state index is 0.164. The van der Waals surface area contributed by atoms with Crippen molar-refractivity contribution in [2.45, 2.75) is 44.8 Å². The van der Waals surface area contributed by atoms with E-state index < -0.39 is 0 Å². The third-order valence-corrected chi connectivity index (χ3v) is 3.50. The van der Waals surface area contributed by atoms with Crippen molar-refractivity contribution in [3.05, 3.63) is 0 Å². The molecule has 0 aromatic carbocycles. The summed E-state index contributed by atoms with van der Waals surface area (Å²) in [6, 6.07) is 0.334. The van der Waals surface area contributed by atoms with E-state index in [2.05, 4.69) is 0 Å². The van der Waals surface area contributed by atoms with Crippen LogP contribution in [0.2, 0.25) is 0 Å². The monoisotopic (exact) mass is 183 g/mol. The zero-order chi connectivity index (χ0) is 9.42. The lowest BCUT2D eigenvalue weighted by molar-refractivity contribution is -0.136. The molecule has 2 aliphatic rings. The molecule has 0 aromatic heterocycles. The predicted octanol–water partition coefficient (Wildman–Crippen LogP) is 0.768. The fraction of sp³-hybridized carbons (Fsp3) is 0.900. The number of piperidine rings is 1. The van der Waals surface area contributed by atoms with Gasteiger partial charge in [0.2, 0.25) is 5.91 Å². The van der Waals surface area contributed by atoms with Gasteiger partial charge in [0.05, 0.1) is 6.10 Å². The van der Waals surface area contributed by atoms with Crippen molar-refractivity contribution >= 4 is 5.91 Å². The molecule has 1 saturated carbocycles. The van der Waals surface area contributed by atoms with Gasteiger partial charge in [-0.3, -0.25) is 4.79 Å². The molecule has 3 heteroatoms. The molecule has 3 atom stereocenters. The Balaban J connectivity index is 2.12. The van der Waals surface area contributed by atoms with Crippen LogP contribution in [-0.2, 0) is 4.79 Å². The summed E-state index contributed by atoms with van der Waals surface area (Å²) in [4.78, 5) is 13.2. The topological polar surface area (TPSA) is 40.5 Å². The molecule has 13 heavy (non-hydrogen) atoms. The molecule has 1 amide bonds. The van der Waals surface area contributed by atoms with Crippen LogP contribution in [0, 0.1) is 5.92 Å². The van der Waals surface area contributed by atoms with Crippen molar-refractivity contribution in [2.24, 2.45) is 5.92 Å². The first-order valence-corrected chi connectivity index (χ1v) is 5.15. The number of nitrogens with zero attached hydrogens (tertiary/aromatic N) is 1. The Hall–Kier alpha value is -0.570. The normalized spacial score (nSPS) is 38.9. The second-order valence-electron chi connectivity index (χ2n) is 4.23.